The van der Waals surface area contributed by atoms with Gasteiger partial charge in [0.2, 0.25) is 0 Å². The van der Waals surface area contributed by atoms with Crippen LogP contribution < -0.4 is 5.73 Å². The third-order valence-electron chi connectivity index (χ3n) is 3.83. The molecule has 0 saturated carbocycles. The van der Waals surface area contributed by atoms with E-state index in [-0.39, 0.29) is 11.5 Å². The number of hydrogen-bond donors (Lipinski definition) is 1. The summed E-state index contributed by atoms with van der Waals surface area (Å²) in [6.07, 6.45) is -4.30. The van der Waals surface area contributed by atoms with Crippen LogP contribution in [0.5, 0.6) is 0 Å². The zero-order valence-electron chi connectivity index (χ0n) is 13.2. The lowest BCUT2D eigenvalue weighted by molar-refractivity contribution is -0.137. The Morgan fingerprint density at radius 1 is 1.24 bits per heavy atom. The second kappa shape index (κ2) is 6.79. The Hall–Kier alpha value is -1.07. The summed E-state index contributed by atoms with van der Waals surface area (Å²) < 4.78 is 38.4. The molecule has 0 bridgehead atoms. The number of alkyl halides is 3. The number of rotatable bonds is 6. The van der Waals surface area contributed by atoms with E-state index < -0.39 is 11.7 Å². The molecule has 2 N–H and O–H groups in total. The SMILES string of the molecule is CCN(CC(C)(C)CN)C(C)c1cccc(C(F)(F)F)c1. The normalized spacial score (nSPS) is 14.5. The molecular formula is C16H25F3N2. The van der Waals surface area contributed by atoms with E-state index in [1.54, 1.807) is 6.07 Å². The Morgan fingerprint density at radius 3 is 2.33 bits per heavy atom. The fourth-order valence-electron chi connectivity index (χ4n) is 2.32. The Balaban J connectivity index is 2.98. The molecule has 2 nitrogen and oxygen atoms in total. The number of benzene rings is 1. The van der Waals surface area contributed by atoms with Crippen molar-refractivity contribution in [2.75, 3.05) is 19.6 Å². The average Bonchev–Trinajstić information content (AvgIpc) is 2.43. The first-order valence-corrected chi connectivity index (χ1v) is 7.22. The van der Waals surface area contributed by atoms with E-state index in [9.17, 15) is 13.2 Å². The first-order valence-electron chi connectivity index (χ1n) is 7.22. The van der Waals surface area contributed by atoms with Crippen LogP contribution in [0.15, 0.2) is 24.3 Å². The highest BCUT2D eigenvalue weighted by molar-refractivity contribution is 5.27. The molecule has 0 heterocycles. The van der Waals surface area contributed by atoms with Crippen molar-refractivity contribution in [3.05, 3.63) is 35.4 Å². The van der Waals surface area contributed by atoms with Crippen LogP contribution in [0.2, 0.25) is 0 Å². The van der Waals surface area contributed by atoms with Crippen LogP contribution in [-0.4, -0.2) is 24.5 Å². The van der Waals surface area contributed by atoms with E-state index in [2.05, 4.69) is 18.7 Å². The summed E-state index contributed by atoms with van der Waals surface area (Å²) in [7, 11) is 0. The van der Waals surface area contributed by atoms with E-state index in [4.69, 9.17) is 5.73 Å². The van der Waals surface area contributed by atoms with Crippen LogP contribution in [0.25, 0.3) is 0 Å². The molecule has 0 fully saturated rings. The number of halogens is 3. The van der Waals surface area contributed by atoms with Crippen molar-refractivity contribution < 1.29 is 13.2 Å². The molecule has 0 aliphatic heterocycles. The van der Waals surface area contributed by atoms with Crippen LogP contribution in [0.4, 0.5) is 13.2 Å². The Kier molecular flexibility index (Phi) is 5.82. The second-order valence-corrected chi connectivity index (χ2v) is 6.23. The van der Waals surface area contributed by atoms with Gasteiger partial charge in [0.1, 0.15) is 0 Å². The van der Waals surface area contributed by atoms with Gasteiger partial charge in [0.25, 0.3) is 0 Å². The maximum Gasteiger partial charge on any atom is 0.416 e. The molecule has 21 heavy (non-hydrogen) atoms. The summed E-state index contributed by atoms with van der Waals surface area (Å²) in [6.45, 7) is 10.1. The lowest BCUT2D eigenvalue weighted by Gasteiger charge is -2.35. The summed E-state index contributed by atoms with van der Waals surface area (Å²) in [5.74, 6) is 0. The molecule has 0 aromatic heterocycles. The minimum Gasteiger partial charge on any atom is -0.330 e. The third kappa shape index (κ3) is 5.00. The molecule has 5 heteroatoms. The molecule has 1 aromatic carbocycles. The standard InChI is InChI=1S/C16H25F3N2/c1-5-21(11-15(3,4)10-20)12(2)13-7-6-8-14(9-13)16(17,18)19/h6-9,12H,5,10-11,20H2,1-4H3. The first-order chi connectivity index (χ1) is 9.60. The highest BCUT2D eigenvalue weighted by atomic mass is 19.4. The summed E-state index contributed by atoms with van der Waals surface area (Å²) in [4.78, 5) is 2.16. The highest BCUT2D eigenvalue weighted by Gasteiger charge is 2.31. The molecular weight excluding hydrogens is 277 g/mol. The van der Waals surface area contributed by atoms with E-state index in [0.29, 0.717) is 12.1 Å². The molecule has 0 amide bonds. The Bertz CT molecular complexity index is 455. The third-order valence-corrected chi connectivity index (χ3v) is 3.83. The zero-order valence-corrected chi connectivity index (χ0v) is 13.2. The second-order valence-electron chi connectivity index (χ2n) is 6.23. The van der Waals surface area contributed by atoms with E-state index in [1.165, 1.54) is 12.1 Å². The Labute approximate surface area is 125 Å². The van der Waals surface area contributed by atoms with Crippen molar-refractivity contribution in [2.45, 2.75) is 39.9 Å². The Morgan fingerprint density at radius 2 is 1.86 bits per heavy atom. The van der Waals surface area contributed by atoms with Crippen molar-refractivity contribution in [3.63, 3.8) is 0 Å². The quantitative estimate of drug-likeness (QED) is 0.858. The van der Waals surface area contributed by atoms with Crippen molar-refractivity contribution in [1.29, 1.82) is 0 Å². The van der Waals surface area contributed by atoms with Gasteiger partial charge in [-0.15, -0.1) is 0 Å². The van der Waals surface area contributed by atoms with Crippen LogP contribution in [0.3, 0.4) is 0 Å². The molecule has 0 radical (unpaired) electrons. The van der Waals surface area contributed by atoms with Gasteiger partial charge in [-0.3, -0.25) is 4.90 Å². The van der Waals surface area contributed by atoms with Gasteiger partial charge in [-0.2, -0.15) is 13.2 Å². The predicted octanol–water partition coefficient (Wildman–Crippen LogP) is 4.07. The van der Waals surface area contributed by atoms with Gasteiger partial charge in [-0.05, 0) is 43.1 Å². The zero-order chi connectivity index (χ0) is 16.3. The lowest BCUT2D eigenvalue weighted by Crippen LogP contribution is -2.40. The minimum absolute atomic E-state index is 0.0636. The van der Waals surface area contributed by atoms with Crippen molar-refractivity contribution >= 4 is 0 Å². The van der Waals surface area contributed by atoms with Gasteiger partial charge >= 0.3 is 6.18 Å². The van der Waals surface area contributed by atoms with E-state index in [0.717, 1.165) is 19.2 Å². The molecule has 0 aliphatic rings. The molecule has 1 rings (SSSR count). The van der Waals surface area contributed by atoms with Crippen LogP contribution in [0, 0.1) is 5.41 Å². The molecule has 120 valence electrons. The largest absolute Gasteiger partial charge is 0.416 e. The molecule has 1 unspecified atom stereocenters. The fourth-order valence-corrected chi connectivity index (χ4v) is 2.32. The van der Waals surface area contributed by atoms with E-state index in [1.807, 2.05) is 13.8 Å². The van der Waals surface area contributed by atoms with Crippen molar-refractivity contribution in [2.24, 2.45) is 11.1 Å². The first kappa shape index (κ1) is 18.0. The maximum absolute atomic E-state index is 12.8. The minimum atomic E-state index is -4.30. The summed E-state index contributed by atoms with van der Waals surface area (Å²) >= 11 is 0. The maximum atomic E-state index is 12.8. The monoisotopic (exact) mass is 302 g/mol. The number of nitrogens with zero attached hydrogens (tertiary/aromatic N) is 1. The van der Waals surface area contributed by atoms with Gasteiger partial charge in [0.15, 0.2) is 0 Å². The van der Waals surface area contributed by atoms with Crippen LogP contribution in [0.1, 0.15) is 44.9 Å². The number of hydrogen-bond acceptors (Lipinski definition) is 2. The predicted molar refractivity (Wildman–Crippen MR) is 79.9 cm³/mol. The summed E-state index contributed by atoms with van der Waals surface area (Å²) in [5.41, 5.74) is 5.77. The smallest absolute Gasteiger partial charge is 0.330 e. The highest BCUT2D eigenvalue weighted by Crippen LogP contribution is 2.32. The van der Waals surface area contributed by atoms with E-state index >= 15 is 0 Å². The molecule has 0 saturated heterocycles. The van der Waals surface area contributed by atoms with Crippen LogP contribution >= 0.6 is 0 Å². The summed E-state index contributed by atoms with van der Waals surface area (Å²) in [5, 5.41) is 0. The topological polar surface area (TPSA) is 29.3 Å². The van der Waals surface area contributed by atoms with Gasteiger partial charge in [-0.25, -0.2) is 0 Å². The molecule has 0 aliphatic carbocycles. The average molecular weight is 302 g/mol. The van der Waals surface area contributed by atoms with Gasteiger partial charge in [0, 0.05) is 12.6 Å². The van der Waals surface area contributed by atoms with Crippen LogP contribution in [-0.2, 0) is 6.18 Å². The van der Waals surface area contributed by atoms with Crippen molar-refractivity contribution in [3.8, 4) is 0 Å². The molecule has 1 atom stereocenters. The lowest BCUT2D eigenvalue weighted by atomic mass is 9.91. The molecule has 1 aromatic rings. The summed E-state index contributed by atoms with van der Waals surface area (Å²) in [6, 6.07) is 5.48. The van der Waals surface area contributed by atoms with Crippen molar-refractivity contribution in [1.82, 2.24) is 4.90 Å². The van der Waals surface area contributed by atoms with Gasteiger partial charge in [0.05, 0.1) is 5.56 Å². The van der Waals surface area contributed by atoms with Gasteiger partial charge in [-0.1, -0.05) is 32.9 Å². The van der Waals surface area contributed by atoms with Gasteiger partial charge < -0.3 is 5.73 Å². The fraction of sp³-hybridized carbons (Fsp3) is 0.625. The number of nitrogens with two attached hydrogens (primary N) is 1. The molecule has 0 spiro atoms.